The lowest BCUT2D eigenvalue weighted by Gasteiger charge is -2.34. The number of aryl methyl sites for hydroxylation is 4. The van der Waals surface area contributed by atoms with E-state index in [1.54, 1.807) is 23.5 Å². The molecule has 1 aliphatic carbocycles. The van der Waals surface area contributed by atoms with Crippen molar-refractivity contribution in [3.8, 4) is 41.8 Å². The summed E-state index contributed by atoms with van der Waals surface area (Å²) in [5, 5.41) is 9.45. The van der Waals surface area contributed by atoms with Crippen LogP contribution in [-0.4, -0.2) is 19.8 Å². The van der Waals surface area contributed by atoms with Gasteiger partial charge < -0.3 is 10.0 Å². The third kappa shape index (κ3) is 6.60. The van der Waals surface area contributed by atoms with Gasteiger partial charge in [0.2, 0.25) is 0 Å². The number of aromatic nitrogens is 2. The van der Waals surface area contributed by atoms with Gasteiger partial charge in [0.25, 0.3) is 0 Å². The maximum absolute atomic E-state index is 11.5. The molecule has 1 aliphatic rings. The molecule has 0 aliphatic heterocycles. The van der Waals surface area contributed by atoms with Crippen LogP contribution >= 0.6 is 34.4 Å². The number of hydrogen-bond acceptors (Lipinski definition) is 7. The summed E-state index contributed by atoms with van der Waals surface area (Å²) >= 11 is 4.85. The van der Waals surface area contributed by atoms with E-state index in [1.165, 1.54) is 76.4 Å². The van der Waals surface area contributed by atoms with Gasteiger partial charge in [-0.3, -0.25) is 0 Å². The summed E-state index contributed by atoms with van der Waals surface area (Å²) in [4.78, 5) is 18.7. The topological polar surface area (TPSA) is 66.3 Å². The van der Waals surface area contributed by atoms with Gasteiger partial charge >= 0.3 is 5.97 Å². The Morgan fingerprint density at radius 2 is 0.984 bits per heavy atom. The summed E-state index contributed by atoms with van der Waals surface area (Å²) in [5.41, 5.74) is 18.8. The number of thiophene rings is 2. The number of rotatable bonds is 9. The predicted octanol–water partition coefficient (Wildman–Crippen LogP) is 15.6. The average Bonchev–Trinajstić information content (AvgIpc) is 4.13. The molecule has 8 heteroatoms. The van der Waals surface area contributed by atoms with E-state index in [0.29, 0.717) is 0 Å². The van der Waals surface area contributed by atoms with Crippen LogP contribution in [0.5, 0.6) is 0 Å². The van der Waals surface area contributed by atoms with Gasteiger partial charge in [0.05, 0.1) is 22.7 Å². The molecule has 0 unspecified atom stereocenters. The molecule has 1 N–H and O–H groups in total. The van der Waals surface area contributed by atoms with Crippen LogP contribution in [0.25, 0.3) is 52.8 Å². The SMILES string of the molecule is Cc1ccc(N(c2ccc(C)cc2)c2ccc3c(c2)C(c2ccc(C)cc2)(c2ccc(C)cc2)c2cc(-c4ccc(-c5ccc(-c6ccc(C(=O)O)cc6)c6nsnc56)s4)sc2-3)cc1. The average molecular weight is 884 g/mol. The molecule has 11 rings (SSSR count). The van der Waals surface area contributed by atoms with Crippen LogP contribution in [-0.2, 0) is 5.41 Å². The number of carboxylic acid groups (broad SMARTS) is 1. The van der Waals surface area contributed by atoms with E-state index in [1.807, 2.05) is 23.5 Å². The van der Waals surface area contributed by atoms with Gasteiger partial charge in [0.15, 0.2) is 0 Å². The van der Waals surface area contributed by atoms with Gasteiger partial charge in [0.1, 0.15) is 11.0 Å². The molecule has 0 saturated carbocycles. The minimum Gasteiger partial charge on any atom is -0.478 e. The van der Waals surface area contributed by atoms with Crippen molar-refractivity contribution in [3.05, 3.63) is 220 Å². The Hall–Kier alpha value is -6.97. The van der Waals surface area contributed by atoms with Crippen LogP contribution < -0.4 is 4.90 Å². The second-order valence-corrected chi connectivity index (χ2v) is 19.4. The molecule has 0 atom stereocenters. The van der Waals surface area contributed by atoms with Gasteiger partial charge in [-0.1, -0.05) is 125 Å². The number of carboxylic acids is 1. The van der Waals surface area contributed by atoms with E-state index in [-0.39, 0.29) is 5.56 Å². The van der Waals surface area contributed by atoms with Gasteiger partial charge in [-0.05, 0) is 128 Å². The van der Waals surface area contributed by atoms with Gasteiger partial charge in [-0.25, -0.2) is 4.79 Å². The van der Waals surface area contributed by atoms with Crippen LogP contribution in [0.2, 0.25) is 0 Å². The molecule has 0 saturated heterocycles. The first-order chi connectivity index (χ1) is 31.1. The predicted molar refractivity (Wildman–Crippen MR) is 267 cm³/mol. The molecule has 64 heavy (non-hydrogen) atoms. The summed E-state index contributed by atoms with van der Waals surface area (Å²) in [7, 11) is 0. The third-order valence-corrected chi connectivity index (χ3v) is 15.6. The molecule has 10 aromatic rings. The molecule has 310 valence electrons. The normalized spacial score (nSPS) is 12.6. The highest BCUT2D eigenvalue weighted by molar-refractivity contribution is 7.25. The van der Waals surface area contributed by atoms with Crippen LogP contribution in [0.1, 0.15) is 54.9 Å². The zero-order valence-electron chi connectivity index (χ0n) is 35.6. The van der Waals surface area contributed by atoms with E-state index in [4.69, 9.17) is 8.75 Å². The van der Waals surface area contributed by atoms with Gasteiger partial charge in [0, 0.05) is 47.7 Å². The molecule has 0 radical (unpaired) electrons. The minimum atomic E-state index is -0.944. The van der Waals surface area contributed by atoms with E-state index in [9.17, 15) is 9.90 Å². The molecule has 3 aromatic heterocycles. The van der Waals surface area contributed by atoms with E-state index in [0.717, 1.165) is 49.7 Å². The van der Waals surface area contributed by atoms with Crippen molar-refractivity contribution in [1.82, 2.24) is 8.75 Å². The van der Waals surface area contributed by atoms with Crippen LogP contribution in [0.15, 0.2) is 170 Å². The van der Waals surface area contributed by atoms with Crippen molar-refractivity contribution in [2.24, 2.45) is 0 Å². The summed E-state index contributed by atoms with van der Waals surface area (Å²) < 4.78 is 9.50. The molecular weight excluding hydrogens is 843 g/mol. The Morgan fingerprint density at radius 3 is 1.56 bits per heavy atom. The number of anilines is 3. The first-order valence-corrected chi connectivity index (χ1v) is 23.6. The standard InChI is InChI=1S/C56H41N3O2S3/c1-33-5-17-39(18-6-33)56(40-19-7-34(2)8-20-40)47-31-43(59(41-21-9-35(3)10-22-41)42-23-11-36(4)12-24-42)25-26-45(47)54-48(56)32-51(63-54)50-30-29-49(62-50)46-28-27-44(52-53(46)58-64-57-52)37-13-15-38(16-14-37)55(60)61/h5-32H,1-4H3,(H,60,61). The molecule has 7 aromatic carbocycles. The van der Waals surface area contributed by atoms with Crippen molar-refractivity contribution in [2.45, 2.75) is 33.1 Å². The van der Waals surface area contributed by atoms with E-state index in [2.05, 4.69) is 178 Å². The Kier molecular flexibility index (Phi) is 9.76. The van der Waals surface area contributed by atoms with Crippen LogP contribution in [0.3, 0.4) is 0 Å². The largest absolute Gasteiger partial charge is 0.478 e. The number of aromatic carboxylic acids is 1. The van der Waals surface area contributed by atoms with Crippen molar-refractivity contribution in [2.75, 3.05) is 4.90 Å². The van der Waals surface area contributed by atoms with Crippen LogP contribution in [0, 0.1) is 27.7 Å². The highest BCUT2D eigenvalue weighted by Crippen LogP contribution is 2.61. The summed E-state index contributed by atoms with van der Waals surface area (Å²) in [6.45, 7) is 8.60. The van der Waals surface area contributed by atoms with Crippen molar-refractivity contribution in [1.29, 1.82) is 0 Å². The Morgan fingerprint density at radius 1 is 0.484 bits per heavy atom. The number of fused-ring (bicyclic) bond motifs is 4. The second kappa shape index (κ2) is 15.7. The zero-order valence-corrected chi connectivity index (χ0v) is 38.0. The first kappa shape index (κ1) is 39.8. The fourth-order valence-electron chi connectivity index (χ4n) is 9.25. The Bertz CT molecular complexity index is 3290. The van der Waals surface area contributed by atoms with E-state index >= 15 is 0 Å². The van der Waals surface area contributed by atoms with Crippen LogP contribution in [0.4, 0.5) is 17.1 Å². The Labute approximate surface area is 384 Å². The highest BCUT2D eigenvalue weighted by Gasteiger charge is 2.48. The molecule has 0 spiro atoms. The molecule has 5 nitrogen and oxygen atoms in total. The smallest absolute Gasteiger partial charge is 0.335 e. The lowest BCUT2D eigenvalue weighted by atomic mass is 9.67. The van der Waals surface area contributed by atoms with Crippen molar-refractivity contribution in [3.63, 3.8) is 0 Å². The summed E-state index contributed by atoms with van der Waals surface area (Å²) in [5.74, 6) is -0.944. The quantitative estimate of drug-likeness (QED) is 0.156. The first-order valence-electron chi connectivity index (χ1n) is 21.2. The molecule has 0 bridgehead atoms. The third-order valence-electron chi connectivity index (χ3n) is 12.6. The van der Waals surface area contributed by atoms with Crippen molar-refractivity contribution < 1.29 is 9.90 Å². The maximum Gasteiger partial charge on any atom is 0.335 e. The van der Waals surface area contributed by atoms with E-state index < -0.39 is 11.4 Å². The highest BCUT2D eigenvalue weighted by atomic mass is 32.1. The zero-order chi connectivity index (χ0) is 43.7. The minimum absolute atomic E-state index is 0.254. The fourth-order valence-corrected chi connectivity index (χ4v) is 12.2. The molecule has 0 fully saturated rings. The summed E-state index contributed by atoms with van der Waals surface area (Å²) in [6.07, 6.45) is 0. The van der Waals surface area contributed by atoms with Gasteiger partial charge in [-0.15, -0.1) is 22.7 Å². The molecule has 0 amide bonds. The number of nitrogens with zero attached hydrogens (tertiary/aromatic N) is 3. The maximum atomic E-state index is 11.5. The lowest BCUT2D eigenvalue weighted by molar-refractivity contribution is 0.0697. The van der Waals surface area contributed by atoms with Gasteiger partial charge in [-0.2, -0.15) is 8.75 Å². The number of hydrogen-bond donors (Lipinski definition) is 1. The number of carbonyl (C=O) groups is 1. The lowest BCUT2D eigenvalue weighted by Crippen LogP contribution is -2.28. The monoisotopic (exact) mass is 883 g/mol. The van der Waals surface area contributed by atoms with Crippen molar-refractivity contribution >= 4 is 68.5 Å². The molecular formula is C56H41N3O2S3. The molecule has 3 heterocycles. The fraction of sp³-hybridized carbons (Fsp3) is 0.0893. The number of benzene rings is 7. The second-order valence-electron chi connectivity index (χ2n) is 16.7. The summed E-state index contributed by atoms with van der Waals surface area (Å²) in [6, 6.07) is 61.1. The Balaban J connectivity index is 1.07.